The molecule has 1 aliphatic heterocycles. The number of imidazole rings is 1. The van der Waals surface area contributed by atoms with Crippen LogP contribution in [0.3, 0.4) is 0 Å². The largest absolute Gasteiger partial charge is 0.355 e. The number of nitrogens with one attached hydrogen (secondary N) is 1. The molecular formula is C143H94N6. The summed E-state index contributed by atoms with van der Waals surface area (Å²) >= 11 is 0. The Kier molecular flexibility index (Phi) is 19.9. The van der Waals surface area contributed by atoms with Gasteiger partial charge in [0.2, 0.25) is 0 Å². The SMILES string of the molecule is c1ccc2c(c1)-c1ccccc1C21c2ccccc2-c2cc3c(cc21)[nH]c1ccccc13.c1ccc2c(c1)Cc1cc3c(cc1-2)-c1cc2c(cc1C3)Cc1ccccc1-2.c1ccc2c(c1)Cc1ccc3ccccc3c1-2.c1ccc2c(c1)Cc1cccc3c4ccccc4n-2c13.c1ccc2c(c1)c1ccccc1n1ccnc21.c1ccc2cc3cc4ncccc4cc3cc2c1.c1ccc2cc3nc4ccccc4cc3cc2c1. The number of hydrogen-bond donors (Lipinski definition) is 1. The van der Waals surface area contributed by atoms with Crippen LogP contribution in [-0.2, 0) is 37.5 Å². The first kappa shape index (κ1) is 85.6. The molecule has 7 heterocycles. The van der Waals surface area contributed by atoms with Crippen LogP contribution in [0.15, 0.2) is 504 Å². The van der Waals surface area contributed by atoms with Gasteiger partial charge in [-0.25, -0.2) is 9.97 Å². The molecule has 0 bridgehead atoms. The van der Waals surface area contributed by atoms with E-state index in [2.05, 4.69) is 497 Å². The Hall–Kier alpha value is -19.0. The van der Waals surface area contributed by atoms with E-state index in [1.165, 1.54) is 275 Å². The summed E-state index contributed by atoms with van der Waals surface area (Å²) < 4.78 is 4.58. The highest BCUT2D eigenvalue weighted by atomic mass is 15.0. The van der Waals surface area contributed by atoms with Crippen LogP contribution in [0.4, 0.5) is 0 Å². The highest BCUT2D eigenvalue weighted by Crippen LogP contribution is 2.64. The van der Waals surface area contributed by atoms with Crippen molar-refractivity contribution in [2.24, 2.45) is 0 Å². The minimum absolute atomic E-state index is 0.273. The maximum absolute atomic E-state index is 4.73. The molecule has 0 saturated heterocycles. The van der Waals surface area contributed by atoms with Crippen molar-refractivity contribution in [2.75, 3.05) is 0 Å². The first-order valence-corrected chi connectivity index (χ1v) is 51.9. The third-order valence-corrected chi connectivity index (χ3v) is 32.5. The Balaban J connectivity index is 0.0000000812. The minimum atomic E-state index is -0.273. The second-order valence-corrected chi connectivity index (χ2v) is 40.7. The monoisotopic (exact) mass is 1890 g/mol. The van der Waals surface area contributed by atoms with Crippen molar-refractivity contribution in [2.45, 2.75) is 37.5 Å². The molecule has 6 aromatic heterocycles. The molecule has 0 unspecified atom stereocenters. The average Bonchev–Trinajstić information content (AvgIpc) is 1.50. The summed E-state index contributed by atoms with van der Waals surface area (Å²) in [7, 11) is 0. The fourth-order valence-electron chi connectivity index (χ4n) is 25.9. The van der Waals surface area contributed by atoms with Crippen LogP contribution in [0.25, 0.3) is 219 Å². The summed E-state index contributed by atoms with van der Waals surface area (Å²) in [5.41, 5.74) is 48.7. The van der Waals surface area contributed by atoms with Gasteiger partial charge < -0.3 is 9.55 Å². The first-order chi connectivity index (χ1) is 73.8. The van der Waals surface area contributed by atoms with Gasteiger partial charge in [0, 0.05) is 90.2 Å². The van der Waals surface area contributed by atoms with Gasteiger partial charge in [-0.15, -0.1) is 0 Å². The second kappa shape index (κ2) is 34.6. The molecule has 6 nitrogen and oxygen atoms in total. The zero-order valence-corrected chi connectivity index (χ0v) is 81.7. The van der Waals surface area contributed by atoms with E-state index in [1.54, 1.807) is 0 Å². The van der Waals surface area contributed by atoms with Gasteiger partial charge in [0.15, 0.2) is 0 Å². The number of hydrogen-bond acceptors (Lipinski definition) is 3. The van der Waals surface area contributed by atoms with E-state index in [-0.39, 0.29) is 5.41 Å². The van der Waals surface area contributed by atoms with Crippen molar-refractivity contribution in [1.82, 2.24) is 28.9 Å². The maximum atomic E-state index is 4.73. The van der Waals surface area contributed by atoms with Gasteiger partial charge in [-0.2, -0.15) is 0 Å². The summed E-state index contributed by atoms with van der Waals surface area (Å²) in [6.45, 7) is 0. The number of benzene rings is 23. The molecule has 1 spiro atoms. The molecule has 36 rings (SSSR count). The second-order valence-electron chi connectivity index (χ2n) is 40.7. The molecule has 1 N–H and O–H groups in total. The molecule has 696 valence electrons. The average molecular weight is 1900 g/mol. The Morgan fingerprint density at radius 2 is 0.651 bits per heavy atom. The third kappa shape index (κ3) is 14.0. The van der Waals surface area contributed by atoms with Gasteiger partial charge in [0.1, 0.15) is 5.65 Å². The molecule has 0 fully saturated rings. The smallest absolute Gasteiger partial charge is 0.145 e. The van der Waals surface area contributed by atoms with Crippen molar-refractivity contribution < 1.29 is 0 Å². The zero-order valence-electron chi connectivity index (χ0n) is 81.7. The van der Waals surface area contributed by atoms with Gasteiger partial charge in [-0.3, -0.25) is 9.38 Å². The van der Waals surface area contributed by atoms with E-state index >= 15 is 0 Å². The fraction of sp³-hybridized carbons (Fsp3) is 0.0420. The number of rotatable bonds is 0. The van der Waals surface area contributed by atoms with Gasteiger partial charge >= 0.3 is 0 Å². The number of fused-ring (bicyclic) bond motifs is 44. The summed E-state index contributed by atoms with van der Waals surface area (Å²) in [5.74, 6) is 0. The molecule has 0 saturated carbocycles. The lowest BCUT2D eigenvalue weighted by Gasteiger charge is -2.30. The van der Waals surface area contributed by atoms with Crippen LogP contribution >= 0.6 is 0 Å². The molecule has 7 aliphatic rings. The molecule has 6 heteroatoms. The molecule has 6 aliphatic carbocycles. The molecule has 0 amide bonds. The quantitative estimate of drug-likeness (QED) is 0.122. The van der Waals surface area contributed by atoms with E-state index < -0.39 is 0 Å². The summed E-state index contributed by atoms with van der Waals surface area (Å²) in [5, 5.41) is 22.9. The van der Waals surface area contributed by atoms with Crippen molar-refractivity contribution in [3.63, 3.8) is 0 Å². The molecule has 23 aromatic carbocycles. The maximum Gasteiger partial charge on any atom is 0.145 e. The van der Waals surface area contributed by atoms with E-state index in [9.17, 15) is 0 Å². The number of nitrogens with zero attached hydrogens (tertiary/aromatic N) is 5. The topological polar surface area (TPSA) is 63.8 Å². The summed E-state index contributed by atoms with van der Waals surface area (Å²) in [6.07, 6.45) is 11.1. The number of para-hydroxylation sites is 6. The molecule has 149 heavy (non-hydrogen) atoms. The third-order valence-electron chi connectivity index (χ3n) is 32.5. The van der Waals surface area contributed by atoms with Crippen LogP contribution in [0.5, 0.6) is 0 Å². The van der Waals surface area contributed by atoms with Gasteiger partial charge in [0.25, 0.3) is 0 Å². The van der Waals surface area contributed by atoms with Crippen molar-refractivity contribution in [1.29, 1.82) is 0 Å². The highest BCUT2D eigenvalue weighted by Gasteiger charge is 2.52. The van der Waals surface area contributed by atoms with Crippen molar-refractivity contribution >= 4 is 147 Å². The lowest BCUT2D eigenvalue weighted by Crippen LogP contribution is -2.25. The van der Waals surface area contributed by atoms with E-state index in [0.717, 1.165) is 54.3 Å². The van der Waals surface area contributed by atoms with Crippen LogP contribution in [0.1, 0.15) is 77.9 Å². The van der Waals surface area contributed by atoms with Crippen molar-refractivity contribution in [3.8, 4) is 72.4 Å². The first-order valence-electron chi connectivity index (χ1n) is 51.9. The lowest BCUT2D eigenvalue weighted by atomic mass is 9.70. The number of aromatic nitrogens is 6. The lowest BCUT2D eigenvalue weighted by molar-refractivity contribution is 0.795. The molecule has 0 radical (unpaired) electrons. The van der Waals surface area contributed by atoms with E-state index in [0.29, 0.717) is 0 Å². The number of aromatic amines is 1. The predicted molar refractivity (Wildman–Crippen MR) is 623 cm³/mol. The Morgan fingerprint density at radius 1 is 0.208 bits per heavy atom. The van der Waals surface area contributed by atoms with E-state index in [1.807, 2.05) is 30.7 Å². The summed E-state index contributed by atoms with van der Waals surface area (Å²) in [4.78, 5) is 17.3. The summed E-state index contributed by atoms with van der Waals surface area (Å²) in [6, 6.07) is 176. The number of H-pyrrole nitrogens is 1. The van der Waals surface area contributed by atoms with Crippen LogP contribution in [-0.4, -0.2) is 28.9 Å². The minimum Gasteiger partial charge on any atom is -0.355 e. The highest BCUT2D eigenvalue weighted by molar-refractivity contribution is 6.15. The van der Waals surface area contributed by atoms with Crippen LogP contribution in [0, 0.1) is 0 Å². The Morgan fingerprint density at radius 3 is 1.33 bits per heavy atom. The van der Waals surface area contributed by atoms with Crippen LogP contribution in [0.2, 0.25) is 0 Å². The standard InChI is InChI=1S/C31H19N.C27H18.C19H13N.2C17H11N.C17H12.C15H10N2/c1-5-13-25-19(9-1)20-10-2-6-14-26(20)31(25)27-15-7-3-11-21(27)23-17-24-22-12-4-8-16-29(22)32-30(24)18-28(23)31;1-3-7-22-16(5-1)9-18-11-20-13-21-12-19-10-17-6-2-4-8-23(17)25(19)15-27(21)26(20)14-24(18)22;1-3-10-17-13(6-1)12-14-7-5-9-16-15-8-2-4-11-18(15)20(17)19(14)16;1-2-6-13-11-17-15(9-12(13)5-1)10-14-7-3-4-8-16(14)18-17;1-2-5-13-9-16-11-17-14(6-3-7-18-17)10-15(16)8-12(13)4-1;1-3-7-15-12(5-1)9-10-14-11-13-6-2-4-8-16(13)17(14)15;1-2-7-13-11(5-1)12-6-3-4-8-14(12)17-10-9-16-15(13)17/h1-18,32H;1-8,11-12,14-15H,9-10,13H2;1-11H,12H2;2*1-11H;1-10H,11H2;1-10H. The van der Waals surface area contributed by atoms with Gasteiger partial charge in [0.05, 0.1) is 38.5 Å². The number of pyridine rings is 3. The van der Waals surface area contributed by atoms with Crippen molar-refractivity contribution in [3.05, 3.63) is 582 Å². The Bertz CT molecular complexity index is 10000. The fourth-order valence-corrected chi connectivity index (χ4v) is 25.9. The van der Waals surface area contributed by atoms with Gasteiger partial charge in [-0.1, -0.05) is 382 Å². The van der Waals surface area contributed by atoms with Gasteiger partial charge in [-0.05, 0) is 322 Å². The molecular weight excluding hydrogens is 1800 g/mol. The molecule has 29 aromatic rings. The Labute approximate surface area is 861 Å². The zero-order chi connectivity index (χ0) is 97.9. The normalized spacial score (nSPS) is 12.9. The molecule has 0 atom stereocenters. The van der Waals surface area contributed by atoms with Crippen LogP contribution < -0.4 is 0 Å². The van der Waals surface area contributed by atoms with E-state index in [4.69, 9.17) is 4.98 Å². The predicted octanol–water partition coefficient (Wildman–Crippen LogP) is 35.9.